The third kappa shape index (κ3) is 1.36. The van der Waals surface area contributed by atoms with Crippen LogP contribution in [-0.4, -0.2) is 14.2 Å². The first-order valence-corrected chi connectivity index (χ1v) is 5.00. The molecule has 0 aliphatic carbocycles. The van der Waals surface area contributed by atoms with Crippen molar-refractivity contribution in [2.75, 3.05) is 0 Å². The van der Waals surface area contributed by atoms with Gasteiger partial charge in [-0.05, 0) is 18.5 Å². The number of hydrogen-bond acceptors (Lipinski definition) is 3. The lowest BCUT2D eigenvalue weighted by Crippen LogP contribution is -1.92. The van der Waals surface area contributed by atoms with Crippen molar-refractivity contribution >= 4 is 23.1 Å². The van der Waals surface area contributed by atoms with Crippen molar-refractivity contribution in [1.29, 1.82) is 0 Å². The molecule has 0 spiro atoms. The van der Waals surface area contributed by atoms with E-state index in [4.69, 9.17) is 11.6 Å². The smallest absolute Gasteiger partial charge is 0.114 e. The lowest BCUT2D eigenvalue weighted by atomic mass is 10.2. The summed E-state index contributed by atoms with van der Waals surface area (Å²) in [5, 5.41) is 6.95. The molecule has 0 unspecified atom stereocenters. The van der Waals surface area contributed by atoms with Crippen molar-refractivity contribution < 1.29 is 0 Å². The minimum Gasteiger partial charge on any atom is -0.271 e. The van der Waals surface area contributed by atoms with Gasteiger partial charge in [0.25, 0.3) is 0 Å². The van der Waals surface area contributed by atoms with E-state index < -0.39 is 0 Å². The number of nitrogens with zero attached hydrogens (tertiary/aromatic N) is 3. The molecule has 0 bridgehead atoms. The second-order valence-corrected chi connectivity index (χ2v) is 3.82. The number of halogens is 1. The van der Waals surface area contributed by atoms with Crippen molar-refractivity contribution in [1.82, 2.24) is 14.2 Å². The minimum absolute atomic E-state index is 0.711. The summed E-state index contributed by atoms with van der Waals surface area (Å²) in [6.07, 6.45) is 1.78. The molecule has 5 heteroatoms. The summed E-state index contributed by atoms with van der Waals surface area (Å²) in [5.74, 6) is 0. The average Bonchev–Trinajstić information content (AvgIpc) is 2.70. The van der Waals surface area contributed by atoms with Crippen LogP contribution in [0, 0.1) is 6.92 Å². The van der Waals surface area contributed by atoms with E-state index in [9.17, 15) is 0 Å². The Bertz CT molecular complexity index is 419. The van der Waals surface area contributed by atoms with Crippen LogP contribution < -0.4 is 0 Å². The molecule has 3 nitrogen and oxygen atoms in total. The van der Waals surface area contributed by atoms with Crippen LogP contribution in [0.3, 0.4) is 0 Å². The maximum Gasteiger partial charge on any atom is 0.114 e. The molecule has 68 valence electrons. The summed E-state index contributed by atoms with van der Waals surface area (Å²) >= 11 is 7.50. The number of rotatable bonds is 1. The van der Waals surface area contributed by atoms with Gasteiger partial charge in [0.05, 0.1) is 16.9 Å². The van der Waals surface area contributed by atoms with Gasteiger partial charge >= 0.3 is 0 Å². The maximum absolute atomic E-state index is 6.10. The molecule has 0 atom stereocenters. The monoisotopic (exact) mass is 213 g/mol. The molecule has 0 fully saturated rings. The lowest BCUT2D eigenvalue weighted by Gasteiger charge is -1.89. The first kappa shape index (κ1) is 8.72. The highest BCUT2D eigenvalue weighted by Crippen LogP contribution is 2.29. The number of aromatic nitrogens is 3. The molecule has 0 aliphatic heterocycles. The predicted octanol–water partition coefficient (Wildman–Crippen LogP) is 2.51. The molecule has 2 aromatic rings. The Hall–Kier alpha value is -0.870. The molecule has 0 saturated carbocycles. The SMILES string of the molecule is Cc1c(Cl)c(-c2cnsc2)nn1C. The lowest BCUT2D eigenvalue weighted by molar-refractivity contribution is 0.743. The molecule has 0 amide bonds. The van der Waals surface area contributed by atoms with E-state index in [1.165, 1.54) is 11.5 Å². The quantitative estimate of drug-likeness (QED) is 0.729. The first-order chi connectivity index (χ1) is 6.20. The van der Waals surface area contributed by atoms with Gasteiger partial charge in [-0.15, -0.1) is 0 Å². The second kappa shape index (κ2) is 3.12. The molecular formula is C8H8ClN3S. The fraction of sp³-hybridized carbons (Fsp3) is 0.250. The zero-order chi connectivity index (χ0) is 9.42. The molecule has 0 aromatic carbocycles. The summed E-state index contributed by atoms with van der Waals surface area (Å²) in [7, 11) is 1.88. The van der Waals surface area contributed by atoms with Crippen molar-refractivity contribution in [3.8, 4) is 11.3 Å². The Morgan fingerprint density at radius 2 is 2.31 bits per heavy atom. The van der Waals surface area contributed by atoms with E-state index in [0.717, 1.165) is 17.0 Å². The standard InChI is InChI=1S/C8H8ClN3S/c1-5-7(9)8(11-12(5)2)6-3-10-13-4-6/h3-4H,1-2H3. The van der Waals surface area contributed by atoms with Gasteiger partial charge in [0.1, 0.15) is 5.69 Å². The average molecular weight is 214 g/mol. The van der Waals surface area contributed by atoms with Gasteiger partial charge in [-0.3, -0.25) is 4.68 Å². The molecule has 0 N–H and O–H groups in total. The molecular weight excluding hydrogens is 206 g/mol. The fourth-order valence-corrected chi connectivity index (χ4v) is 1.88. The van der Waals surface area contributed by atoms with Crippen molar-refractivity contribution in [2.45, 2.75) is 6.92 Å². The highest BCUT2D eigenvalue weighted by Gasteiger charge is 2.12. The van der Waals surface area contributed by atoms with Gasteiger partial charge in [0, 0.05) is 18.0 Å². The Balaban J connectivity index is 2.59. The maximum atomic E-state index is 6.10. The summed E-state index contributed by atoms with van der Waals surface area (Å²) in [6.45, 7) is 1.94. The van der Waals surface area contributed by atoms with E-state index in [-0.39, 0.29) is 0 Å². The molecule has 2 heterocycles. The Morgan fingerprint density at radius 1 is 1.54 bits per heavy atom. The number of aryl methyl sites for hydroxylation is 1. The van der Waals surface area contributed by atoms with E-state index in [1.54, 1.807) is 10.9 Å². The van der Waals surface area contributed by atoms with Crippen LogP contribution in [0.2, 0.25) is 5.02 Å². The van der Waals surface area contributed by atoms with Crippen molar-refractivity contribution in [3.05, 3.63) is 22.3 Å². The third-order valence-corrected chi connectivity index (χ3v) is 3.01. The highest BCUT2D eigenvalue weighted by molar-refractivity contribution is 7.03. The zero-order valence-electron chi connectivity index (χ0n) is 7.28. The summed E-state index contributed by atoms with van der Waals surface area (Å²) in [4.78, 5) is 0. The van der Waals surface area contributed by atoms with Crippen LogP contribution in [0.25, 0.3) is 11.3 Å². The highest BCUT2D eigenvalue weighted by atomic mass is 35.5. The summed E-state index contributed by atoms with van der Waals surface area (Å²) < 4.78 is 5.79. The normalized spacial score (nSPS) is 10.7. The molecule has 0 radical (unpaired) electrons. The van der Waals surface area contributed by atoms with Crippen molar-refractivity contribution in [2.24, 2.45) is 7.05 Å². The van der Waals surface area contributed by atoms with Crippen LogP contribution in [-0.2, 0) is 7.05 Å². The van der Waals surface area contributed by atoms with Crippen LogP contribution >= 0.6 is 23.1 Å². The molecule has 2 rings (SSSR count). The van der Waals surface area contributed by atoms with Crippen LogP contribution in [0.4, 0.5) is 0 Å². The van der Waals surface area contributed by atoms with Gasteiger partial charge in [-0.25, -0.2) is 4.37 Å². The molecule has 13 heavy (non-hydrogen) atoms. The predicted molar refractivity (Wildman–Crippen MR) is 54.1 cm³/mol. The van der Waals surface area contributed by atoms with Gasteiger partial charge < -0.3 is 0 Å². The largest absolute Gasteiger partial charge is 0.271 e. The van der Waals surface area contributed by atoms with Crippen LogP contribution in [0.15, 0.2) is 11.6 Å². The van der Waals surface area contributed by atoms with E-state index >= 15 is 0 Å². The molecule has 2 aromatic heterocycles. The summed E-state index contributed by atoms with van der Waals surface area (Å²) in [5.41, 5.74) is 2.77. The topological polar surface area (TPSA) is 30.7 Å². The molecule has 0 aliphatic rings. The number of hydrogen-bond donors (Lipinski definition) is 0. The van der Waals surface area contributed by atoms with Crippen LogP contribution in [0.1, 0.15) is 5.69 Å². The summed E-state index contributed by atoms with van der Waals surface area (Å²) in [6, 6.07) is 0. The second-order valence-electron chi connectivity index (χ2n) is 2.78. The third-order valence-electron chi connectivity index (χ3n) is 1.97. The van der Waals surface area contributed by atoms with Gasteiger partial charge in [0.15, 0.2) is 0 Å². The Kier molecular flexibility index (Phi) is 2.09. The minimum atomic E-state index is 0.711. The van der Waals surface area contributed by atoms with E-state index in [2.05, 4.69) is 9.47 Å². The van der Waals surface area contributed by atoms with E-state index in [0.29, 0.717) is 5.02 Å². The Morgan fingerprint density at radius 3 is 2.77 bits per heavy atom. The van der Waals surface area contributed by atoms with Crippen LogP contribution in [0.5, 0.6) is 0 Å². The Labute approximate surface area is 85.1 Å². The van der Waals surface area contributed by atoms with Gasteiger partial charge in [-0.1, -0.05) is 11.6 Å². The van der Waals surface area contributed by atoms with E-state index in [1.807, 2.05) is 19.4 Å². The van der Waals surface area contributed by atoms with Gasteiger partial charge in [-0.2, -0.15) is 5.10 Å². The zero-order valence-corrected chi connectivity index (χ0v) is 8.85. The van der Waals surface area contributed by atoms with Gasteiger partial charge in [0.2, 0.25) is 0 Å². The van der Waals surface area contributed by atoms with Crippen molar-refractivity contribution in [3.63, 3.8) is 0 Å². The first-order valence-electron chi connectivity index (χ1n) is 3.79. The fourth-order valence-electron chi connectivity index (χ4n) is 1.09. The molecule has 0 saturated heterocycles.